The van der Waals surface area contributed by atoms with Crippen LogP contribution in [0.25, 0.3) is 11.1 Å². The molecule has 0 radical (unpaired) electrons. The number of hydrogen-bond donors (Lipinski definition) is 6. The lowest BCUT2D eigenvalue weighted by molar-refractivity contribution is -0.265. The molecule has 3 aromatic rings. The van der Waals surface area contributed by atoms with Crippen LogP contribution in [0.1, 0.15) is 153 Å². The van der Waals surface area contributed by atoms with Gasteiger partial charge in [-0.15, -0.1) is 0 Å². The van der Waals surface area contributed by atoms with Crippen molar-refractivity contribution in [3.8, 4) is 16.9 Å². The molecule has 130 heavy (non-hydrogen) atoms. The molecule has 2 aromatic carbocycles. The molecule has 16 atom stereocenters. The number of fused-ring (bicyclic) bond motifs is 4. The first kappa shape index (κ1) is 107. The molecular formula is C95H141FN6O27S. The van der Waals surface area contributed by atoms with Gasteiger partial charge in [0, 0.05) is 107 Å². The van der Waals surface area contributed by atoms with Crippen molar-refractivity contribution in [2.45, 2.75) is 211 Å². The van der Waals surface area contributed by atoms with Gasteiger partial charge in [-0.05, 0) is 161 Å². The van der Waals surface area contributed by atoms with Gasteiger partial charge in [-0.25, -0.2) is 27.4 Å². The van der Waals surface area contributed by atoms with E-state index < -0.39 is 146 Å². The molecule has 4 aliphatic heterocycles. The Morgan fingerprint density at radius 2 is 1.34 bits per heavy atom. The second kappa shape index (κ2) is 55.6. The highest BCUT2D eigenvalue weighted by Gasteiger charge is 2.53. The highest BCUT2D eigenvalue weighted by Crippen LogP contribution is 2.40. The van der Waals surface area contributed by atoms with Gasteiger partial charge in [0.15, 0.2) is 15.6 Å². The van der Waals surface area contributed by atoms with Crippen LogP contribution in [-0.2, 0) is 107 Å². The number of esters is 1. The molecule has 8 rings (SSSR count). The third-order valence-corrected chi connectivity index (χ3v) is 26.3. The van der Waals surface area contributed by atoms with Gasteiger partial charge in [0.2, 0.25) is 11.7 Å². The van der Waals surface area contributed by atoms with E-state index in [-0.39, 0.29) is 127 Å². The monoisotopic (exact) mass is 1850 g/mol. The molecule has 0 spiro atoms. The van der Waals surface area contributed by atoms with Crippen LogP contribution < -0.4 is 21.1 Å². The number of aliphatic hydroxyl groups is 3. The van der Waals surface area contributed by atoms with Crippen molar-refractivity contribution in [2.24, 2.45) is 35.5 Å². The molecule has 1 saturated carbocycles. The van der Waals surface area contributed by atoms with Gasteiger partial charge < -0.3 is 113 Å². The smallest absolute Gasteiger partial charge is 0.407 e. The topological polar surface area (TPSA) is 422 Å². The van der Waals surface area contributed by atoms with Crippen molar-refractivity contribution in [3.05, 3.63) is 119 Å². The number of ketones is 2. The maximum absolute atomic E-state index is 15.8. The number of rotatable bonds is 40. The van der Waals surface area contributed by atoms with Crippen LogP contribution in [0.4, 0.5) is 15.0 Å². The zero-order valence-corrected chi connectivity index (χ0v) is 78.4. The van der Waals surface area contributed by atoms with Crippen molar-refractivity contribution in [3.63, 3.8) is 0 Å². The predicted octanol–water partition coefficient (Wildman–Crippen LogP) is 8.95. The normalized spacial score (nSPS) is 27.2. The van der Waals surface area contributed by atoms with Gasteiger partial charge in [-0.3, -0.25) is 24.0 Å². The van der Waals surface area contributed by atoms with Gasteiger partial charge in [0.25, 0.3) is 17.6 Å². The largest absolute Gasteiger partial charge is 0.491 e. The molecule has 5 aliphatic rings. The van der Waals surface area contributed by atoms with Gasteiger partial charge in [-0.1, -0.05) is 77.1 Å². The standard InChI is InChI=1S/C95H141FN6O27S/c1-62-17-13-12-14-18-63(2)80(115-9)58-74-24-20-68(7)95(112,129-74)90(107)92(109)102-33-16-15-19-76(102)93(110)127-81(59-77(103)64(3)54-67(6)88(106)89(117-11)87(105)66(5)53-62)65(4)55-70-21-26-79(82(56-70)116-10)128-94(111)99-31-36-119-39-41-121-43-45-123-47-49-125-51-50-124-48-46-122-44-42-120-40-38-118-35-30-85(104)98-32-52-130(113,114)83-28-25-75(69(8)86(83)96)91(108)101-34-37-126-78-27-22-71(57-73(78)61-101)72-23-29-84(97)100-60-72/h12-14,17-18,22-23,25,27-29,54,57,60,62,64-66,68,70,74,76-77,79-82,88-89,103,106,112H,15-16,19-21,24,26,30-53,55-56,58-59,61H2,1-11H3,(H2,97,100)(H,98,104)(H,99,111)/b14-12-,17-13-,63-18-,67-54-/t62-,64-,65-,66-,68-,70+,74+,76+,77-,79-,80+,81+,82-,88-,89+,95-/m1/s1. The van der Waals surface area contributed by atoms with E-state index in [4.69, 9.17) is 76.8 Å². The first-order valence-corrected chi connectivity index (χ1v) is 47.3. The number of nitrogens with two attached hydrogens (primary N) is 1. The number of alkyl carbamates (subject to hydrolysis) is 1. The number of hydrogen-bond acceptors (Lipinski definition) is 29. The van der Waals surface area contributed by atoms with Crippen LogP contribution in [-0.4, -0.2) is 306 Å². The Kier molecular flexibility index (Phi) is 45.8. The van der Waals surface area contributed by atoms with Crippen molar-refractivity contribution in [1.82, 2.24) is 25.4 Å². The quantitative estimate of drug-likeness (QED) is 0.0134. The minimum atomic E-state index is -4.19. The van der Waals surface area contributed by atoms with Crippen LogP contribution in [0.15, 0.2) is 101 Å². The van der Waals surface area contributed by atoms with Crippen molar-refractivity contribution >= 4 is 57.0 Å². The average Bonchev–Trinajstić information content (AvgIpc) is 1.28. The number of nitrogens with zero attached hydrogens (tertiary/aromatic N) is 3. The number of piperidine rings is 1. The average molecular weight is 1850 g/mol. The van der Waals surface area contributed by atoms with E-state index >= 15 is 4.39 Å². The second-order valence-corrected chi connectivity index (χ2v) is 36.4. The van der Waals surface area contributed by atoms with E-state index in [1.54, 1.807) is 53.3 Å². The Hall–Kier alpha value is -8.08. The number of halogens is 1. The molecule has 1 aliphatic carbocycles. The summed E-state index contributed by atoms with van der Waals surface area (Å²) in [5, 5.41) is 41.2. The summed E-state index contributed by atoms with van der Waals surface area (Å²) in [5.41, 5.74) is 9.33. The Labute approximate surface area is 764 Å². The highest BCUT2D eigenvalue weighted by atomic mass is 32.2. The summed E-state index contributed by atoms with van der Waals surface area (Å²) in [4.78, 5) is 103. The number of aromatic nitrogens is 1. The van der Waals surface area contributed by atoms with E-state index in [0.717, 1.165) is 28.3 Å². The zero-order valence-electron chi connectivity index (χ0n) is 77.5. The van der Waals surface area contributed by atoms with E-state index in [1.165, 1.54) is 29.9 Å². The summed E-state index contributed by atoms with van der Waals surface area (Å²) in [6.45, 7) is 19.5. The number of methoxy groups -OCH3 is 3. The number of nitrogen functional groups attached to an aromatic ring is 1. The Morgan fingerprint density at radius 1 is 0.692 bits per heavy atom. The molecule has 3 fully saturated rings. The van der Waals surface area contributed by atoms with Crippen LogP contribution in [0.2, 0.25) is 0 Å². The zero-order chi connectivity index (χ0) is 94.3. The molecule has 5 heterocycles. The van der Waals surface area contributed by atoms with Crippen LogP contribution in [0, 0.1) is 48.2 Å². The van der Waals surface area contributed by atoms with Crippen molar-refractivity contribution in [1.29, 1.82) is 0 Å². The van der Waals surface area contributed by atoms with E-state index in [0.29, 0.717) is 148 Å². The van der Waals surface area contributed by atoms with Gasteiger partial charge in [0.05, 0.1) is 142 Å². The lowest BCUT2D eigenvalue weighted by atomic mass is 9.78. The van der Waals surface area contributed by atoms with Crippen LogP contribution in [0.3, 0.4) is 0 Å². The predicted molar refractivity (Wildman–Crippen MR) is 480 cm³/mol. The number of carbonyl (C=O) groups is 7. The van der Waals surface area contributed by atoms with Crippen LogP contribution >= 0.6 is 0 Å². The number of amides is 4. The first-order valence-electron chi connectivity index (χ1n) is 45.6. The summed E-state index contributed by atoms with van der Waals surface area (Å²) in [5.74, 6) is -9.53. The summed E-state index contributed by atoms with van der Waals surface area (Å²) in [7, 11) is 0.309. The Morgan fingerprint density at radius 3 is 1.97 bits per heavy atom. The van der Waals surface area contributed by atoms with Gasteiger partial charge in [0.1, 0.15) is 59.3 Å². The Balaban J connectivity index is 0.645. The molecule has 2 saturated heterocycles. The highest BCUT2D eigenvalue weighted by molar-refractivity contribution is 7.91. The molecule has 35 heteroatoms. The number of aliphatic hydroxyl groups excluding tert-OH is 2. The fraction of sp³-hybridized carbons (Fsp3) is 0.663. The SMILES string of the molecule is CO[C@H]1C[C@@H]2CC[C@@H](C)[C@@](O)(O2)C(=O)C(=O)N2CCCC[C@H]2C(=O)O[C@H]([C@H](C)C[C@@H]2CC[C@@H](OC(=O)NCCOCCOCCOCCOCCOCCOCCOCCOCCC(=O)NCCS(=O)(=O)c3ccc(C(=O)N4CCOc5ccc(-c6ccc(N)nc6)cc5C4)c(C)c3F)[C@H](OC)C2)C[C@@H](O)[C@H](C)/C=C(/C)[C@@H](O)[C@@H](OC)C(=O)[C@H](C)C[C@H](C)\C=C/C=C\C=C/1C. The molecule has 7 N–H and O–H groups in total. The fourth-order valence-corrected chi connectivity index (χ4v) is 18.0. The molecular weight excluding hydrogens is 1710 g/mol. The van der Waals surface area contributed by atoms with Crippen LogP contribution in [0.5, 0.6) is 5.75 Å². The number of anilines is 1. The van der Waals surface area contributed by atoms with Crippen molar-refractivity contribution < 1.29 is 133 Å². The lowest BCUT2D eigenvalue weighted by Crippen LogP contribution is -2.61. The summed E-state index contributed by atoms with van der Waals surface area (Å²) in [6, 6.07) is 10.3. The number of sulfone groups is 1. The summed E-state index contributed by atoms with van der Waals surface area (Å²) in [6.07, 6.45) is 10.3. The number of Topliss-reactive ketones (excluding diaryl/α,β-unsaturated/α-hetero) is 2. The summed E-state index contributed by atoms with van der Waals surface area (Å²) < 4.78 is 129. The third kappa shape index (κ3) is 33.5. The molecule has 4 amide bonds. The fourth-order valence-electron chi connectivity index (χ4n) is 16.7. The number of ether oxygens (including phenoxy) is 15. The first-order chi connectivity index (χ1) is 62.4. The minimum Gasteiger partial charge on any atom is -0.491 e. The van der Waals surface area contributed by atoms with E-state index in [2.05, 4.69) is 15.6 Å². The molecule has 726 valence electrons. The third-order valence-electron chi connectivity index (χ3n) is 24.5. The maximum Gasteiger partial charge on any atom is 0.407 e. The molecule has 0 unspecified atom stereocenters. The number of benzene rings is 2. The number of nitrogens with one attached hydrogen (secondary N) is 2. The van der Waals surface area contributed by atoms with Gasteiger partial charge >= 0.3 is 12.1 Å². The molecule has 1 aromatic heterocycles. The number of allylic oxidation sites excluding steroid dienone is 5. The second-order valence-electron chi connectivity index (χ2n) is 34.3. The van der Waals surface area contributed by atoms with E-state index in [9.17, 15) is 57.3 Å². The lowest BCUT2D eigenvalue weighted by Gasteiger charge is -2.43. The Bertz CT molecular complexity index is 4310. The molecule has 2 bridgehead atoms. The number of cyclic esters (lactones) is 1. The maximum atomic E-state index is 15.8. The van der Waals surface area contributed by atoms with Crippen molar-refractivity contribution in [2.75, 3.05) is 171 Å². The number of pyridine rings is 1. The summed E-state index contributed by atoms with van der Waals surface area (Å²) >= 11 is 0. The van der Waals surface area contributed by atoms with E-state index in [1.807, 2.05) is 82.3 Å². The van der Waals surface area contributed by atoms with Gasteiger partial charge in [-0.2, -0.15) is 0 Å². The number of carbonyl (C=O) groups excluding carboxylic acids is 7. The minimum absolute atomic E-state index is 0.00578. The molecule has 33 nitrogen and oxygen atoms in total.